The average Bonchev–Trinajstić information content (AvgIpc) is 4.15. The molecule has 2 aliphatic heterocycles. The first kappa shape index (κ1) is 42.2. The predicted molar refractivity (Wildman–Crippen MR) is 217 cm³/mol. The summed E-state index contributed by atoms with van der Waals surface area (Å²) in [4.78, 5) is 68.0. The Hall–Kier alpha value is -6.92. The van der Waals surface area contributed by atoms with Crippen LogP contribution in [0.15, 0.2) is 95.8 Å². The Kier molecular flexibility index (Phi) is 13.4. The molecule has 18 nitrogen and oxygen atoms in total. The molecule has 8 rings (SSSR count). The van der Waals surface area contributed by atoms with E-state index in [1.54, 1.807) is 73.2 Å². The number of hydroxylamine groups is 2. The van der Waals surface area contributed by atoms with E-state index in [0.717, 1.165) is 41.0 Å². The Labute approximate surface area is 350 Å². The number of oxime groups is 2. The number of nitrogens with one attached hydrogen (secondary N) is 4. The highest BCUT2D eigenvalue weighted by molar-refractivity contribution is 6.02. The van der Waals surface area contributed by atoms with Gasteiger partial charge < -0.3 is 30.2 Å². The lowest BCUT2D eigenvalue weighted by Crippen LogP contribution is -2.43. The highest BCUT2D eigenvalue weighted by Gasteiger charge is 2.36. The van der Waals surface area contributed by atoms with Gasteiger partial charge in [0.05, 0.1) is 30.4 Å². The first-order valence-corrected chi connectivity index (χ1v) is 19.9. The fraction of sp³-hybridized carbons (Fsp3) is 0.349. The lowest BCUT2D eigenvalue weighted by atomic mass is 9.98. The van der Waals surface area contributed by atoms with Crippen molar-refractivity contribution in [1.29, 1.82) is 0 Å². The van der Waals surface area contributed by atoms with Crippen molar-refractivity contribution in [3.63, 3.8) is 0 Å². The minimum absolute atomic E-state index is 0.0603. The summed E-state index contributed by atoms with van der Waals surface area (Å²) in [6, 6.07) is 16.6. The van der Waals surface area contributed by atoms with Gasteiger partial charge >= 0.3 is 0 Å². The van der Waals surface area contributed by atoms with Crippen molar-refractivity contribution in [3.05, 3.63) is 119 Å². The van der Waals surface area contributed by atoms with Gasteiger partial charge in [0.1, 0.15) is 11.5 Å². The van der Waals surface area contributed by atoms with Crippen LogP contribution < -0.4 is 26.3 Å². The van der Waals surface area contributed by atoms with Gasteiger partial charge in [-0.3, -0.25) is 39.6 Å². The molecule has 0 radical (unpaired) electrons. The van der Waals surface area contributed by atoms with Gasteiger partial charge in [-0.05, 0) is 74.2 Å². The molecular weight excluding hydrogens is 789 g/mol. The van der Waals surface area contributed by atoms with Crippen LogP contribution in [0, 0.1) is 11.8 Å². The van der Waals surface area contributed by atoms with Gasteiger partial charge in [0.15, 0.2) is 12.2 Å². The third-order valence-electron chi connectivity index (χ3n) is 11.4. The van der Waals surface area contributed by atoms with E-state index in [1.165, 1.54) is 6.07 Å². The number of amides is 4. The Morgan fingerprint density at radius 2 is 1.10 bits per heavy atom. The fourth-order valence-electron chi connectivity index (χ4n) is 8.16. The van der Waals surface area contributed by atoms with Crippen LogP contribution in [0.1, 0.15) is 107 Å². The van der Waals surface area contributed by atoms with Crippen molar-refractivity contribution in [2.75, 3.05) is 7.11 Å². The molecule has 4 aromatic rings. The number of phenolic OH excluding ortho intramolecular Hbond substituents is 1. The number of pyridine rings is 2. The van der Waals surface area contributed by atoms with Gasteiger partial charge in [-0.25, -0.2) is 11.0 Å². The van der Waals surface area contributed by atoms with Gasteiger partial charge in [0.25, 0.3) is 11.8 Å². The minimum atomic E-state index is -0.501. The fourth-order valence-corrected chi connectivity index (χ4v) is 8.16. The Bertz CT molecular complexity index is 2290. The molecule has 2 aliphatic carbocycles. The van der Waals surface area contributed by atoms with Crippen LogP contribution >= 0.6 is 0 Å². The maximum Gasteiger partial charge on any atom is 0.251 e. The zero-order valence-electron chi connectivity index (χ0n) is 33.2. The van der Waals surface area contributed by atoms with Gasteiger partial charge in [-0.2, -0.15) is 0 Å². The van der Waals surface area contributed by atoms with Crippen LogP contribution in [-0.2, 0) is 19.3 Å². The lowest BCUT2D eigenvalue weighted by molar-refractivity contribution is -0.134. The molecule has 2 aromatic carbocycles. The number of benzene rings is 2. The molecule has 318 valence electrons. The number of hydrogen-bond acceptors (Lipinski definition) is 14. The summed E-state index contributed by atoms with van der Waals surface area (Å²) in [5.74, 6) is -2.10. The minimum Gasteiger partial charge on any atom is -0.507 e. The van der Waals surface area contributed by atoms with E-state index < -0.39 is 29.8 Å². The quantitative estimate of drug-likeness (QED) is 0.0819. The normalized spacial score (nSPS) is 22.6. The maximum atomic E-state index is 12.8. The number of nitrogens with zero attached hydrogens (tertiary/aromatic N) is 4. The first-order chi connectivity index (χ1) is 29.7. The summed E-state index contributed by atoms with van der Waals surface area (Å²) in [5, 5.41) is 42.3. The molecule has 7 N–H and O–H groups in total. The van der Waals surface area contributed by atoms with Crippen molar-refractivity contribution >= 4 is 35.1 Å². The van der Waals surface area contributed by atoms with Crippen molar-refractivity contribution < 1.29 is 49.1 Å². The topological polar surface area (TPSA) is 255 Å². The molecule has 2 fully saturated rings. The summed E-state index contributed by atoms with van der Waals surface area (Å²) in [7, 11) is 1.54. The van der Waals surface area contributed by atoms with Crippen molar-refractivity contribution in [1.82, 2.24) is 31.6 Å². The Balaban J connectivity index is 0.000000184. The zero-order chi connectivity index (χ0) is 42.9. The predicted octanol–water partition coefficient (Wildman–Crippen LogP) is 4.42. The van der Waals surface area contributed by atoms with Crippen LogP contribution in [0.3, 0.4) is 0 Å². The largest absolute Gasteiger partial charge is 0.507 e. The SMILES string of the molecule is COc1cc(C(=O)N[C@@H]2CCC[C@@H]2C(=O)NO)ccc1C1CC(c2ccncc2)=NO1.O=C(N[C@@H]1CCC[C@@H]1C(=O)NO)c1ccc(C2CC(c3ccncc3)=NO2)c(O)c1. The number of ether oxygens (including phenoxy) is 1. The maximum absolute atomic E-state index is 12.8. The molecule has 2 saturated carbocycles. The third-order valence-corrected chi connectivity index (χ3v) is 11.4. The van der Waals surface area contributed by atoms with Crippen LogP contribution in [0.4, 0.5) is 0 Å². The van der Waals surface area contributed by atoms with Crippen molar-refractivity contribution in [2.24, 2.45) is 22.1 Å². The van der Waals surface area contributed by atoms with Gasteiger partial charge in [-0.15, -0.1) is 0 Å². The Morgan fingerprint density at radius 3 is 1.56 bits per heavy atom. The van der Waals surface area contributed by atoms with Crippen LogP contribution in [0.2, 0.25) is 0 Å². The number of carbonyl (C=O) groups is 4. The molecule has 4 heterocycles. The summed E-state index contributed by atoms with van der Waals surface area (Å²) < 4.78 is 5.52. The number of methoxy groups -OCH3 is 1. The summed E-state index contributed by atoms with van der Waals surface area (Å²) >= 11 is 0. The molecule has 0 spiro atoms. The van der Waals surface area contributed by atoms with Gasteiger partial charge in [0, 0.05) is 83.1 Å². The molecule has 2 aromatic heterocycles. The second-order valence-corrected chi connectivity index (χ2v) is 15.1. The molecule has 61 heavy (non-hydrogen) atoms. The molecule has 4 amide bonds. The van der Waals surface area contributed by atoms with E-state index >= 15 is 0 Å². The van der Waals surface area contributed by atoms with Crippen LogP contribution in [0.25, 0.3) is 0 Å². The number of aromatic hydroxyl groups is 1. The molecule has 0 bridgehead atoms. The number of rotatable bonds is 11. The van der Waals surface area contributed by atoms with E-state index in [2.05, 4.69) is 30.9 Å². The lowest BCUT2D eigenvalue weighted by Gasteiger charge is -2.20. The average molecular weight is 835 g/mol. The number of carbonyl (C=O) groups excluding carboxylic acids is 4. The molecule has 0 saturated heterocycles. The van der Waals surface area contributed by atoms with Crippen LogP contribution in [-0.4, -0.2) is 79.7 Å². The summed E-state index contributed by atoms with van der Waals surface area (Å²) in [6.45, 7) is 0. The summed E-state index contributed by atoms with van der Waals surface area (Å²) in [5.41, 5.74) is 8.81. The third kappa shape index (κ3) is 9.77. The van der Waals surface area contributed by atoms with E-state index in [-0.39, 0.29) is 41.3 Å². The highest BCUT2D eigenvalue weighted by atomic mass is 16.6. The molecule has 18 heteroatoms. The van der Waals surface area contributed by atoms with Gasteiger partial charge in [-0.1, -0.05) is 35.3 Å². The number of aromatic nitrogens is 2. The molecular formula is C43H46N8O10. The molecule has 2 unspecified atom stereocenters. The van der Waals surface area contributed by atoms with Crippen molar-refractivity contribution in [3.8, 4) is 11.5 Å². The second-order valence-electron chi connectivity index (χ2n) is 15.1. The standard InChI is InChI=1S/C22H24N4O5.C21H22N4O5/c1-30-19-11-14(21(27)24-17-4-2-3-15(17)22(28)25-29)5-6-16(19)20-12-18(26-31-20)13-7-9-23-10-8-13;26-18-10-13(20(27)23-16-3-1-2-14(16)21(28)24-29)4-5-15(18)19-11-17(25-30-19)12-6-8-22-9-7-12/h5-11,15,17,20,29H,2-4,12H2,1H3,(H,24,27)(H,25,28);4-10,14,16,19,26,29H,1-3,11H2,(H,23,27)(H,24,28)/t15-,17+,20?;14-,16+,19?/m00/s1. The first-order valence-electron chi connectivity index (χ1n) is 19.9. The number of phenols is 1. The smallest absolute Gasteiger partial charge is 0.251 e. The van der Waals surface area contributed by atoms with E-state index in [4.69, 9.17) is 24.8 Å². The van der Waals surface area contributed by atoms with E-state index in [0.29, 0.717) is 55.4 Å². The summed E-state index contributed by atoms with van der Waals surface area (Å²) in [6.07, 6.45) is 11.2. The highest BCUT2D eigenvalue weighted by Crippen LogP contribution is 2.37. The van der Waals surface area contributed by atoms with Crippen molar-refractivity contribution in [2.45, 2.75) is 75.7 Å². The monoisotopic (exact) mass is 834 g/mol. The molecule has 4 aliphatic rings. The Morgan fingerprint density at radius 1 is 0.639 bits per heavy atom. The molecule has 6 atom stereocenters. The van der Waals surface area contributed by atoms with E-state index in [1.807, 2.05) is 24.3 Å². The van der Waals surface area contributed by atoms with Crippen LogP contribution in [0.5, 0.6) is 11.5 Å². The second kappa shape index (κ2) is 19.4. The van der Waals surface area contributed by atoms with E-state index in [9.17, 15) is 24.3 Å². The zero-order valence-corrected chi connectivity index (χ0v) is 33.2. The van der Waals surface area contributed by atoms with Gasteiger partial charge in [0.2, 0.25) is 11.8 Å². The number of hydrogen-bond donors (Lipinski definition) is 7.